The molecular weight excluding hydrogens is 308 g/mol. The molecule has 1 aliphatic heterocycles. The highest BCUT2D eigenvalue weighted by molar-refractivity contribution is 6.16. The third-order valence-electron chi connectivity index (χ3n) is 4.74. The van der Waals surface area contributed by atoms with Gasteiger partial charge in [0.25, 0.3) is 0 Å². The van der Waals surface area contributed by atoms with E-state index >= 15 is 0 Å². The van der Waals surface area contributed by atoms with Crippen molar-refractivity contribution >= 4 is 17.8 Å². The Hall–Kier alpha value is -2.55. The molecule has 0 N–H and O–H groups in total. The van der Waals surface area contributed by atoms with Gasteiger partial charge in [0.15, 0.2) is 0 Å². The van der Waals surface area contributed by atoms with E-state index in [2.05, 4.69) is 43.3 Å². The number of aliphatic imine (C=N–C) groups is 2. The number of unbranched alkanes of at least 4 members (excludes halogenated alkanes) is 2. The van der Waals surface area contributed by atoms with Gasteiger partial charge in [-0.05, 0) is 17.8 Å². The fraction of sp³-hybridized carbons (Fsp3) is 0.318. The summed E-state index contributed by atoms with van der Waals surface area (Å²) in [5.74, 6) is 0.899. The van der Waals surface area contributed by atoms with Crippen molar-refractivity contribution in [1.29, 1.82) is 0 Å². The van der Waals surface area contributed by atoms with Gasteiger partial charge in [-0.25, -0.2) is 0 Å². The van der Waals surface area contributed by atoms with Crippen LogP contribution < -0.4 is 4.99 Å². The summed E-state index contributed by atoms with van der Waals surface area (Å²) in [6, 6.07) is 20.8. The van der Waals surface area contributed by atoms with Crippen molar-refractivity contribution in [2.24, 2.45) is 4.99 Å². The molecule has 1 radical (unpaired) electrons. The van der Waals surface area contributed by atoms with Gasteiger partial charge in [0.1, 0.15) is 6.29 Å². The zero-order valence-corrected chi connectivity index (χ0v) is 14.7. The van der Waals surface area contributed by atoms with Gasteiger partial charge in [0, 0.05) is 24.0 Å². The summed E-state index contributed by atoms with van der Waals surface area (Å²) in [5.41, 5.74) is 2.93. The largest absolute Gasteiger partial charge is 0.335 e. The van der Waals surface area contributed by atoms with Crippen molar-refractivity contribution in [2.75, 3.05) is 0 Å². The Kier molecular flexibility index (Phi) is 5.54. The van der Waals surface area contributed by atoms with E-state index in [4.69, 9.17) is 9.98 Å². The number of hydrogen-bond acceptors (Lipinski definition) is 3. The maximum Gasteiger partial charge on any atom is 0.335 e. The highest BCUT2D eigenvalue weighted by Crippen LogP contribution is 2.33. The number of benzene rings is 2. The van der Waals surface area contributed by atoms with Crippen molar-refractivity contribution in [1.82, 2.24) is 4.99 Å². The third-order valence-corrected chi connectivity index (χ3v) is 4.74. The van der Waals surface area contributed by atoms with E-state index in [-0.39, 0.29) is 0 Å². The summed E-state index contributed by atoms with van der Waals surface area (Å²) in [5, 5.41) is 0. The molecule has 3 nitrogen and oxygen atoms in total. The Balaban J connectivity index is 1.98. The molecule has 1 aliphatic rings. The lowest BCUT2D eigenvalue weighted by atomic mass is 9.81. The average molecular weight is 332 g/mol. The molecule has 3 heteroatoms. The molecule has 0 amide bonds. The summed E-state index contributed by atoms with van der Waals surface area (Å²) in [4.78, 5) is 20.5. The van der Waals surface area contributed by atoms with Gasteiger partial charge in [-0.3, -0.25) is 0 Å². The van der Waals surface area contributed by atoms with Crippen molar-refractivity contribution in [3.63, 3.8) is 0 Å². The normalized spacial score (nSPS) is 19.4. The standard InChI is InChI=1S/C22H24N2O/c1-2-22(19-14-8-4-9-15-19)21(18-12-6-3-7-13-18)23-20(24-22)16-10-5-11-17-25/h3-4,6-9,12-15,17H,2,5,10-11,16H2,1H3/q+1. The van der Waals surface area contributed by atoms with E-state index in [0.717, 1.165) is 49.1 Å². The van der Waals surface area contributed by atoms with Crippen LogP contribution in [0, 0.1) is 0 Å². The number of carbonyl (C=O) groups excluding carboxylic acids is 1. The Morgan fingerprint density at radius 2 is 1.68 bits per heavy atom. The van der Waals surface area contributed by atoms with Crippen LogP contribution in [-0.4, -0.2) is 17.8 Å². The highest BCUT2D eigenvalue weighted by Gasteiger charge is 2.50. The molecule has 1 atom stereocenters. The molecule has 25 heavy (non-hydrogen) atoms. The quantitative estimate of drug-likeness (QED) is 0.525. The molecule has 0 saturated carbocycles. The molecule has 2 aromatic rings. The van der Waals surface area contributed by atoms with Crippen LogP contribution in [-0.2, 0) is 10.3 Å². The smallest absolute Gasteiger partial charge is 0.303 e. The van der Waals surface area contributed by atoms with E-state index in [1.165, 1.54) is 5.56 Å². The molecule has 1 unspecified atom stereocenters. The van der Waals surface area contributed by atoms with Crippen molar-refractivity contribution in [2.45, 2.75) is 44.6 Å². The third kappa shape index (κ3) is 3.60. The zero-order valence-electron chi connectivity index (χ0n) is 14.7. The Morgan fingerprint density at radius 3 is 2.32 bits per heavy atom. The lowest BCUT2D eigenvalue weighted by molar-refractivity contribution is -0.107. The first-order chi connectivity index (χ1) is 12.3. The summed E-state index contributed by atoms with van der Waals surface area (Å²) < 4.78 is 0. The summed E-state index contributed by atoms with van der Waals surface area (Å²) in [7, 11) is 0. The van der Waals surface area contributed by atoms with Gasteiger partial charge in [-0.2, -0.15) is 0 Å². The van der Waals surface area contributed by atoms with Crippen LogP contribution in [0.2, 0.25) is 0 Å². The average Bonchev–Trinajstić information content (AvgIpc) is 3.07. The van der Waals surface area contributed by atoms with Crippen LogP contribution >= 0.6 is 0 Å². The number of nitrogens with zero attached hydrogens (tertiary/aromatic N) is 2. The topological polar surface area (TPSA) is 43.5 Å². The molecule has 0 fully saturated rings. The van der Waals surface area contributed by atoms with E-state index in [1.807, 2.05) is 24.3 Å². The van der Waals surface area contributed by atoms with Crippen LogP contribution in [0.25, 0.3) is 0 Å². The molecule has 0 aliphatic carbocycles. The van der Waals surface area contributed by atoms with E-state index in [0.29, 0.717) is 6.42 Å². The van der Waals surface area contributed by atoms with Crippen molar-refractivity contribution < 1.29 is 4.79 Å². The predicted octanol–water partition coefficient (Wildman–Crippen LogP) is 4.29. The Bertz CT molecular complexity index is 765. The highest BCUT2D eigenvalue weighted by atomic mass is 16.1. The molecule has 127 valence electrons. The monoisotopic (exact) mass is 332 g/mol. The molecule has 0 spiro atoms. The fourth-order valence-electron chi connectivity index (χ4n) is 3.41. The van der Waals surface area contributed by atoms with Crippen molar-refractivity contribution in [3.8, 4) is 0 Å². The van der Waals surface area contributed by atoms with Crippen LogP contribution in [0.15, 0.2) is 65.7 Å². The Labute approximate surface area is 149 Å². The summed E-state index contributed by atoms with van der Waals surface area (Å²) >= 11 is 0. The minimum atomic E-state index is -0.414. The van der Waals surface area contributed by atoms with Gasteiger partial charge in [-0.1, -0.05) is 72.6 Å². The van der Waals surface area contributed by atoms with Gasteiger partial charge in [-0.15, -0.1) is 0 Å². The molecule has 0 aromatic heterocycles. The molecule has 2 aromatic carbocycles. The van der Waals surface area contributed by atoms with Crippen LogP contribution in [0.3, 0.4) is 0 Å². The van der Waals surface area contributed by atoms with E-state index in [1.54, 1.807) is 0 Å². The fourth-order valence-corrected chi connectivity index (χ4v) is 3.41. The van der Waals surface area contributed by atoms with Crippen LogP contribution in [0.4, 0.5) is 0 Å². The lowest BCUT2D eigenvalue weighted by Crippen LogP contribution is -2.38. The number of rotatable bonds is 8. The van der Waals surface area contributed by atoms with Crippen LogP contribution in [0.5, 0.6) is 0 Å². The summed E-state index contributed by atoms with van der Waals surface area (Å²) in [6.45, 7) is 2.17. The van der Waals surface area contributed by atoms with Gasteiger partial charge < -0.3 is 4.79 Å². The van der Waals surface area contributed by atoms with Crippen LogP contribution in [0.1, 0.15) is 50.2 Å². The van der Waals surface area contributed by atoms with Gasteiger partial charge in [0.2, 0.25) is 11.3 Å². The Morgan fingerprint density at radius 1 is 1.00 bits per heavy atom. The maximum atomic E-state index is 10.5. The SMILES string of the molecule is CCC1(c2ccccc2)[N+]=C(CCCCC=O)N=C1c1ccccc1. The zero-order chi connectivity index (χ0) is 17.5. The first kappa shape index (κ1) is 17.3. The minimum Gasteiger partial charge on any atom is -0.303 e. The molecule has 1 heterocycles. The maximum absolute atomic E-state index is 10.5. The van der Waals surface area contributed by atoms with Gasteiger partial charge >= 0.3 is 5.84 Å². The van der Waals surface area contributed by atoms with Gasteiger partial charge in [0.05, 0.1) is 6.42 Å². The second-order valence-electron chi connectivity index (χ2n) is 6.35. The number of amidine groups is 1. The summed E-state index contributed by atoms with van der Waals surface area (Å²) in [6.07, 6.45) is 5.11. The lowest BCUT2D eigenvalue weighted by Gasteiger charge is -2.19. The van der Waals surface area contributed by atoms with Crippen molar-refractivity contribution in [3.05, 3.63) is 71.8 Å². The van der Waals surface area contributed by atoms with E-state index in [9.17, 15) is 4.79 Å². The minimum absolute atomic E-state index is 0.414. The predicted molar refractivity (Wildman–Crippen MR) is 103 cm³/mol. The first-order valence-electron chi connectivity index (χ1n) is 9.02. The van der Waals surface area contributed by atoms with E-state index < -0.39 is 5.54 Å². The molecule has 0 saturated heterocycles. The molecule has 3 rings (SSSR count). The number of carbonyl (C=O) groups is 1. The number of aldehydes is 1. The first-order valence-corrected chi connectivity index (χ1v) is 9.02. The molecular formula is C22H24N2O+. The second-order valence-corrected chi connectivity index (χ2v) is 6.35. The number of hydrogen-bond donors (Lipinski definition) is 0. The second kappa shape index (κ2) is 8.02. The molecule has 0 bridgehead atoms.